The standard InChI is InChI=1S/C11H24O2/c1-9(2)5-6-11(7-12)8-13-10(3)4/h9-12H,5-8H2,1-4H3. The Kier molecular flexibility index (Phi) is 7.29. The van der Waals surface area contributed by atoms with Crippen LogP contribution in [-0.4, -0.2) is 24.4 Å². The van der Waals surface area contributed by atoms with Crippen LogP contribution in [0.1, 0.15) is 40.5 Å². The molecular formula is C11H24O2. The lowest BCUT2D eigenvalue weighted by Gasteiger charge is -2.17. The Balaban J connectivity index is 3.51. The monoisotopic (exact) mass is 188 g/mol. The molecule has 0 spiro atoms. The molecule has 0 rings (SSSR count). The zero-order valence-corrected chi connectivity index (χ0v) is 9.42. The summed E-state index contributed by atoms with van der Waals surface area (Å²) in [7, 11) is 0. The van der Waals surface area contributed by atoms with E-state index in [4.69, 9.17) is 9.84 Å². The Morgan fingerprint density at radius 1 is 1.08 bits per heavy atom. The minimum atomic E-state index is 0.249. The third-order valence-corrected chi connectivity index (χ3v) is 2.08. The molecule has 0 saturated carbocycles. The lowest BCUT2D eigenvalue weighted by Crippen LogP contribution is -2.17. The predicted octanol–water partition coefficient (Wildman–Crippen LogP) is 2.46. The molecule has 0 aliphatic carbocycles. The average Bonchev–Trinajstić information content (AvgIpc) is 2.04. The summed E-state index contributed by atoms with van der Waals surface area (Å²) >= 11 is 0. The van der Waals surface area contributed by atoms with E-state index in [0.29, 0.717) is 18.4 Å². The third kappa shape index (κ3) is 8.26. The predicted molar refractivity (Wildman–Crippen MR) is 55.7 cm³/mol. The van der Waals surface area contributed by atoms with E-state index < -0.39 is 0 Å². The van der Waals surface area contributed by atoms with Crippen molar-refractivity contribution in [2.75, 3.05) is 13.2 Å². The zero-order valence-electron chi connectivity index (χ0n) is 9.42. The van der Waals surface area contributed by atoms with Gasteiger partial charge in [-0.1, -0.05) is 20.3 Å². The van der Waals surface area contributed by atoms with Crippen molar-refractivity contribution >= 4 is 0 Å². The summed E-state index contributed by atoms with van der Waals surface area (Å²) in [5, 5.41) is 9.07. The smallest absolute Gasteiger partial charge is 0.0519 e. The summed E-state index contributed by atoms with van der Waals surface area (Å²) in [4.78, 5) is 0. The second kappa shape index (κ2) is 7.34. The molecule has 1 unspecified atom stereocenters. The maximum atomic E-state index is 9.07. The molecule has 13 heavy (non-hydrogen) atoms. The van der Waals surface area contributed by atoms with Crippen molar-refractivity contribution < 1.29 is 9.84 Å². The largest absolute Gasteiger partial charge is 0.396 e. The SMILES string of the molecule is CC(C)CCC(CO)COC(C)C. The molecule has 2 heteroatoms. The van der Waals surface area contributed by atoms with Gasteiger partial charge >= 0.3 is 0 Å². The first-order valence-corrected chi connectivity index (χ1v) is 5.28. The molecule has 0 heterocycles. The maximum absolute atomic E-state index is 9.07. The van der Waals surface area contributed by atoms with Crippen LogP contribution in [0.3, 0.4) is 0 Å². The lowest BCUT2D eigenvalue weighted by molar-refractivity contribution is 0.0300. The molecule has 0 radical (unpaired) electrons. The van der Waals surface area contributed by atoms with Crippen LogP contribution in [-0.2, 0) is 4.74 Å². The van der Waals surface area contributed by atoms with Gasteiger partial charge in [0.15, 0.2) is 0 Å². The van der Waals surface area contributed by atoms with E-state index in [1.807, 2.05) is 13.8 Å². The van der Waals surface area contributed by atoms with E-state index in [1.54, 1.807) is 0 Å². The highest BCUT2D eigenvalue weighted by atomic mass is 16.5. The highest BCUT2D eigenvalue weighted by Gasteiger charge is 2.09. The summed E-state index contributed by atoms with van der Waals surface area (Å²) < 4.78 is 5.47. The molecule has 0 amide bonds. The molecule has 0 aromatic carbocycles. The Morgan fingerprint density at radius 2 is 1.69 bits per heavy atom. The van der Waals surface area contributed by atoms with E-state index in [2.05, 4.69) is 13.8 Å². The lowest BCUT2D eigenvalue weighted by atomic mass is 9.99. The summed E-state index contributed by atoms with van der Waals surface area (Å²) in [6, 6.07) is 0. The molecular weight excluding hydrogens is 164 g/mol. The van der Waals surface area contributed by atoms with E-state index in [-0.39, 0.29) is 12.7 Å². The van der Waals surface area contributed by atoms with Crippen LogP contribution in [0.2, 0.25) is 0 Å². The molecule has 2 nitrogen and oxygen atoms in total. The zero-order chi connectivity index (χ0) is 10.3. The van der Waals surface area contributed by atoms with E-state index >= 15 is 0 Å². The van der Waals surface area contributed by atoms with Crippen molar-refractivity contribution in [3.05, 3.63) is 0 Å². The maximum Gasteiger partial charge on any atom is 0.0519 e. The third-order valence-electron chi connectivity index (χ3n) is 2.08. The fourth-order valence-corrected chi connectivity index (χ4v) is 1.12. The van der Waals surface area contributed by atoms with Gasteiger partial charge in [0, 0.05) is 12.5 Å². The average molecular weight is 188 g/mol. The second-order valence-corrected chi connectivity index (χ2v) is 4.40. The van der Waals surface area contributed by atoms with Crippen LogP contribution in [0.5, 0.6) is 0 Å². The van der Waals surface area contributed by atoms with E-state index in [9.17, 15) is 0 Å². The fraction of sp³-hybridized carbons (Fsp3) is 1.00. The first-order valence-electron chi connectivity index (χ1n) is 5.28. The van der Waals surface area contributed by atoms with Crippen LogP contribution in [0.25, 0.3) is 0 Å². The highest BCUT2D eigenvalue weighted by Crippen LogP contribution is 2.12. The van der Waals surface area contributed by atoms with Gasteiger partial charge in [0.2, 0.25) is 0 Å². The molecule has 0 fully saturated rings. The Morgan fingerprint density at radius 3 is 2.08 bits per heavy atom. The summed E-state index contributed by atoms with van der Waals surface area (Å²) in [5.74, 6) is 1.04. The van der Waals surface area contributed by atoms with E-state index in [1.165, 1.54) is 6.42 Å². The first-order chi connectivity index (χ1) is 6.06. The van der Waals surface area contributed by atoms with Crippen LogP contribution in [0, 0.1) is 11.8 Å². The molecule has 0 aromatic rings. The molecule has 0 aliphatic rings. The van der Waals surface area contributed by atoms with Crippen molar-refractivity contribution in [2.45, 2.75) is 46.6 Å². The summed E-state index contributed by atoms with van der Waals surface area (Å²) in [5.41, 5.74) is 0. The van der Waals surface area contributed by atoms with Gasteiger partial charge in [-0.25, -0.2) is 0 Å². The van der Waals surface area contributed by atoms with Crippen molar-refractivity contribution in [3.8, 4) is 0 Å². The topological polar surface area (TPSA) is 29.5 Å². The van der Waals surface area contributed by atoms with E-state index in [0.717, 1.165) is 6.42 Å². The van der Waals surface area contributed by atoms with Gasteiger partial charge in [-0.2, -0.15) is 0 Å². The molecule has 80 valence electrons. The van der Waals surface area contributed by atoms with Gasteiger partial charge in [-0.3, -0.25) is 0 Å². The van der Waals surface area contributed by atoms with Crippen LogP contribution in [0.15, 0.2) is 0 Å². The van der Waals surface area contributed by atoms with Gasteiger partial charge in [-0.15, -0.1) is 0 Å². The van der Waals surface area contributed by atoms with Gasteiger partial charge < -0.3 is 9.84 Å². The van der Waals surface area contributed by atoms with Crippen molar-refractivity contribution in [1.29, 1.82) is 0 Å². The number of aliphatic hydroxyl groups is 1. The van der Waals surface area contributed by atoms with Crippen molar-refractivity contribution in [2.24, 2.45) is 11.8 Å². The Labute approximate surface area is 82.3 Å². The molecule has 0 aromatic heterocycles. The fourth-order valence-electron chi connectivity index (χ4n) is 1.12. The number of hydrogen-bond acceptors (Lipinski definition) is 2. The van der Waals surface area contributed by atoms with Crippen LogP contribution >= 0.6 is 0 Å². The van der Waals surface area contributed by atoms with Crippen molar-refractivity contribution in [1.82, 2.24) is 0 Å². The van der Waals surface area contributed by atoms with Gasteiger partial charge in [-0.05, 0) is 26.2 Å². The van der Waals surface area contributed by atoms with Gasteiger partial charge in [0.05, 0.1) is 12.7 Å². The minimum absolute atomic E-state index is 0.249. The summed E-state index contributed by atoms with van der Waals surface area (Å²) in [6.07, 6.45) is 2.52. The highest BCUT2D eigenvalue weighted by molar-refractivity contribution is 4.59. The molecule has 0 bridgehead atoms. The quantitative estimate of drug-likeness (QED) is 0.665. The second-order valence-electron chi connectivity index (χ2n) is 4.40. The molecule has 0 saturated heterocycles. The first kappa shape index (κ1) is 12.9. The molecule has 1 N–H and O–H groups in total. The van der Waals surface area contributed by atoms with Gasteiger partial charge in [0.25, 0.3) is 0 Å². The van der Waals surface area contributed by atoms with Gasteiger partial charge in [0.1, 0.15) is 0 Å². The van der Waals surface area contributed by atoms with Crippen LogP contribution in [0.4, 0.5) is 0 Å². The number of ether oxygens (including phenoxy) is 1. The molecule has 0 aliphatic heterocycles. The Bertz CT molecular complexity index is 98.7. The number of rotatable bonds is 7. The number of aliphatic hydroxyl groups excluding tert-OH is 1. The minimum Gasteiger partial charge on any atom is -0.396 e. The van der Waals surface area contributed by atoms with Crippen LogP contribution < -0.4 is 0 Å². The molecule has 1 atom stereocenters. The normalized spacial score (nSPS) is 14.1. The number of hydrogen-bond donors (Lipinski definition) is 1. The van der Waals surface area contributed by atoms with Crippen molar-refractivity contribution in [3.63, 3.8) is 0 Å². The summed E-state index contributed by atoms with van der Waals surface area (Å²) in [6.45, 7) is 9.41. The Hall–Kier alpha value is -0.0800.